The predicted molar refractivity (Wildman–Crippen MR) is 73.6 cm³/mol. The van der Waals surface area contributed by atoms with E-state index in [1.54, 1.807) is 7.05 Å². The van der Waals surface area contributed by atoms with E-state index in [9.17, 15) is 9.59 Å². The summed E-state index contributed by atoms with van der Waals surface area (Å²) in [5.74, 6) is 0.438. The molecule has 0 bridgehead atoms. The number of rotatable bonds is 4. The Morgan fingerprint density at radius 3 is 2.32 bits per heavy atom. The number of likely N-dealkylation sites (tertiary alicyclic amines) is 1. The molecule has 0 spiro atoms. The average Bonchev–Trinajstić information content (AvgIpc) is 3.09. The largest absolute Gasteiger partial charge is 0.358 e. The van der Waals surface area contributed by atoms with Crippen molar-refractivity contribution < 1.29 is 9.59 Å². The van der Waals surface area contributed by atoms with Gasteiger partial charge in [-0.2, -0.15) is 0 Å². The van der Waals surface area contributed by atoms with Crippen molar-refractivity contribution in [3.63, 3.8) is 0 Å². The maximum Gasteiger partial charge on any atom is 0.238 e. The molecular weight excluding hydrogens is 242 g/mol. The van der Waals surface area contributed by atoms with Crippen LogP contribution in [0.3, 0.4) is 0 Å². The monoisotopic (exact) mass is 267 g/mol. The molecule has 0 unspecified atom stereocenters. The first-order chi connectivity index (χ1) is 8.96. The van der Waals surface area contributed by atoms with Crippen LogP contribution in [-0.2, 0) is 9.59 Å². The van der Waals surface area contributed by atoms with E-state index >= 15 is 0 Å². The van der Waals surface area contributed by atoms with Crippen LogP contribution in [-0.4, -0.2) is 61.9 Å². The summed E-state index contributed by atoms with van der Waals surface area (Å²) in [6, 6.07) is 0.412. The number of amides is 2. The third-order valence-electron chi connectivity index (χ3n) is 4.70. The molecule has 0 aromatic rings. The molecule has 1 aliphatic heterocycles. The van der Waals surface area contributed by atoms with Gasteiger partial charge >= 0.3 is 0 Å². The Morgan fingerprint density at radius 2 is 1.95 bits per heavy atom. The number of nitrogens with zero attached hydrogens (tertiary/aromatic N) is 2. The fraction of sp³-hybridized carbons (Fsp3) is 0.857. The summed E-state index contributed by atoms with van der Waals surface area (Å²) in [6.07, 6.45) is 2.47. The van der Waals surface area contributed by atoms with Gasteiger partial charge in [0, 0.05) is 26.2 Å². The number of carbonyl (C=O) groups excluding carboxylic acids is 2. The van der Waals surface area contributed by atoms with E-state index in [-0.39, 0.29) is 11.8 Å². The highest BCUT2D eigenvalue weighted by atomic mass is 16.2. The molecular formula is C14H25N3O2. The molecule has 2 rings (SSSR count). The van der Waals surface area contributed by atoms with Gasteiger partial charge in [-0.1, -0.05) is 13.3 Å². The molecule has 19 heavy (non-hydrogen) atoms. The van der Waals surface area contributed by atoms with Crippen LogP contribution >= 0.6 is 0 Å². The Kier molecular flexibility index (Phi) is 3.85. The SMILES string of the molecule is CC[C@@H]1CN(C(=O)C2(C(=O)NC)CC2)C[C@@H]1N(C)C. The predicted octanol–water partition coefficient (Wildman–Crippen LogP) is 0.311. The first kappa shape index (κ1) is 14.3. The third kappa shape index (κ3) is 2.36. The third-order valence-corrected chi connectivity index (χ3v) is 4.70. The van der Waals surface area contributed by atoms with Gasteiger partial charge in [0.2, 0.25) is 11.8 Å². The van der Waals surface area contributed by atoms with Crippen LogP contribution in [0.15, 0.2) is 0 Å². The summed E-state index contributed by atoms with van der Waals surface area (Å²) in [5.41, 5.74) is -0.742. The van der Waals surface area contributed by atoms with E-state index in [0.29, 0.717) is 24.8 Å². The lowest BCUT2D eigenvalue weighted by molar-refractivity contribution is -0.143. The van der Waals surface area contributed by atoms with Crippen LogP contribution < -0.4 is 5.32 Å². The minimum atomic E-state index is -0.742. The molecule has 2 amide bonds. The van der Waals surface area contributed by atoms with E-state index in [0.717, 1.165) is 19.5 Å². The fourth-order valence-corrected chi connectivity index (χ4v) is 3.21. The Morgan fingerprint density at radius 1 is 1.32 bits per heavy atom. The van der Waals surface area contributed by atoms with Crippen LogP contribution in [0.4, 0.5) is 0 Å². The van der Waals surface area contributed by atoms with Gasteiger partial charge in [-0.15, -0.1) is 0 Å². The van der Waals surface area contributed by atoms with Crippen molar-refractivity contribution in [3.05, 3.63) is 0 Å². The van der Waals surface area contributed by atoms with Crippen LogP contribution in [0.5, 0.6) is 0 Å². The van der Waals surface area contributed by atoms with E-state index in [1.807, 2.05) is 4.90 Å². The fourth-order valence-electron chi connectivity index (χ4n) is 3.21. The molecule has 2 atom stereocenters. The Bertz CT molecular complexity index is 377. The number of nitrogens with one attached hydrogen (secondary N) is 1. The molecule has 1 N–H and O–H groups in total. The second kappa shape index (κ2) is 5.12. The smallest absolute Gasteiger partial charge is 0.238 e. The normalized spacial score (nSPS) is 28.6. The van der Waals surface area contributed by atoms with Crippen molar-refractivity contribution in [3.8, 4) is 0 Å². The molecule has 1 saturated carbocycles. The molecule has 1 aliphatic carbocycles. The van der Waals surface area contributed by atoms with Crippen molar-refractivity contribution in [2.45, 2.75) is 32.2 Å². The summed E-state index contributed by atoms with van der Waals surface area (Å²) in [5, 5.41) is 2.63. The first-order valence-corrected chi connectivity index (χ1v) is 7.14. The molecule has 2 aliphatic rings. The zero-order valence-corrected chi connectivity index (χ0v) is 12.4. The minimum Gasteiger partial charge on any atom is -0.358 e. The average molecular weight is 267 g/mol. The molecule has 0 radical (unpaired) electrons. The summed E-state index contributed by atoms with van der Waals surface area (Å²) < 4.78 is 0. The zero-order valence-electron chi connectivity index (χ0n) is 12.4. The van der Waals surface area contributed by atoms with Crippen molar-refractivity contribution >= 4 is 11.8 Å². The molecule has 1 saturated heterocycles. The second-order valence-electron chi connectivity index (χ2n) is 6.07. The number of likely N-dealkylation sites (N-methyl/N-ethyl adjacent to an activating group) is 1. The zero-order chi connectivity index (χ0) is 14.2. The van der Waals surface area contributed by atoms with Gasteiger partial charge in [0.25, 0.3) is 0 Å². The van der Waals surface area contributed by atoms with E-state index < -0.39 is 5.41 Å². The lowest BCUT2D eigenvalue weighted by atomic mass is 10.0. The van der Waals surface area contributed by atoms with Crippen molar-refractivity contribution in [2.24, 2.45) is 11.3 Å². The maximum absolute atomic E-state index is 12.6. The van der Waals surface area contributed by atoms with E-state index in [2.05, 4.69) is 31.2 Å². The van der Waals surface area contributed by atoms with Gasteiger partial charge in [-0.3, -0.25) is 9.59 Å². The quantitative estimate of drug-likeness (QED) is 0.746. The van der Waals surface area contributed by atoms with Gasteiger partial charge in [-0.05, 0) is 32.9 Å². The minimum absolute atomic E-state index is 0.0367. The lowest BCUT2D eigenvalue weighted by Gasteiger charge is -2.24. The lowest BCUT2D eigenvalue weighted by Crippen LogP contribution is -2.44. The summed E-state index contributed by atoms with van der Waals surface area (Å²) in [6.45, 7) is 3.71. The van der Waals surface area contributed by atoms with Crippen molar-refractivity contribution in [1.29, 1.82) is 0 Å². The molecule has 5 heteroatoms. The first-order valence-electron chi connectivity index (χ1n) is 7.14. The highest BCUT2D eigenvalue weighted by Gasteiger charge is 2.58. The van der Waals surface area contributed by atoms with Gasteiger partial charge in [0.1, 0.15) is 5.41 Å². The second-order valence-corrected chi connectivity index (χ2v) is 6.07. The van der Waals surface area contributed by atoms with Crippen LogP contribution in [0.25, 0.3) is 0 Å². The highest BCUT2D eigenvalue weighted by molar-refractivity contribution is 6.07. The Labute approximate surface area is 115 Å². The Hall–Kier alpha value is -1.10. The maximum atomic E-state index is 12.6. The molecule has 0 aromatic carbocycles. The van der Waals surface area contributed by atoms with Crippen LogP contribution in [0.2, 0.25) is 0 Å². The molecule has 108 valence electrons. The van der Waals surface area contributed by atoms with Gasteiger partial charge in [0.05, 0.1) is 0 Å². The van der Waals surface area contributed by atoms with Crippen LogP contribution in [0, 0.1) is 11.3 Å². The standard InChI is InChI=1S/C14H25N3O2/c1-5-10-8-17(9-11(10)16(3)4)13(19)14(6-7-14)12(18)15-2/h10-11H,5-9H2,1-4H3,(H,15,18)/t10-,11+/m1/s1. The van der Waals surface area contributed by atoms with Crippen molar-refractivity contribution in [1.82, 2.24) is 15.1 Å². The number of carbonyl (C=O) groups is 2. The number of hydrogen-bond acceptors (Lipinski definition) is 3. The highest BCUT2D eigenvalue weighted by Crippen LogP contribution is 2.48. The van der Waals surface area contributed by atoms with Gasteiger partial charge < -0.3 is 15.1 Å². The number of hydrogen-bond donors (Lipinski definition) is 1. The summed E-state index contributed by atoms with van der Waals surface area (Å²) >= 11 is 0. The van der Waals surface area contributed by atoms with Gasteiger partial charge in [0.15, 0.2) is 0 Å². The van der Waals surface area contributed by atoms with Gasteiger partial charge in [-0.25, -0.2) is 0 Å². The molecule has 2 fully saturated rings. The van der Waals surface area contributed by atoms with E-state index in [1.165, 1.54) is 0 Å². The summed E-state index contributed by atoms with van der Waals surface area (Å²) in [4.78, 5) is 28.6. The van der Waals surface area contributed by atoms with E-state index in [4.69, 9.17) is 0 Å². The topological polar surface area (TPSA) is 52.7 Å². The van der Waals surface area contributed by atoms with Crippen LogP contribution in [0.1, 0.15) is 26.2 Å². The summed E-state index contributed by atoms with van der Waals surface area (Å²) in [7, 11) is 5.73. The molecule has 5 nitrogen and oxygen atoms in total. The molecule has 1 heterocycles. The van der Waals surface area contributed by atoms with Crippen molar-refractivity contribution in [2.75, 3.05) is 34.2 Å². The Balaban J connectivity index is 2.08. The molecule has 0 aromatic heterocycles.